The van der Waals surface area contributed by atoms with E-state index in [1.807, 2.05) is 50.2 Å². The van der Waals surface area contributed by atoms with Gasteiger partial charge in [0.15, 0.2) is 5.16 Å². The van der Waals surface area contributed by atoms with Crippen LogP contribution >= 0.6 is 11.8 Å². The highest BCUT2D eigenvalue weighted by Gasteiger charge is 2.43. The Morgan fingerprint density at radius 2 is 1.81 bits per heavy atom. The summed E-state index contributed by atoms with van der Waals surface area (Å²) in [6, 6.07) is 17.8. The third kappa shape index (κ3) is 4.66. The van der Waals surface area contributed by atoms with Crippen LogP contribution in [0.15, 0.2) is 76.7 Å². The number of benzene rings is 2. The minimum absolute atomic E-state index is 0.0255. The van der Waals surface area contributed by atoms with Crippen LogP contribution in [0, 0.1) is 0 Å². The number of thioether (sulfide) groups is 1. The molecule has 1 atom stereocenters. The number of carbonyl (C=O) groups excluding carboxylic acids is 1. The van der Waals surface area contributed by atoms with Crippen molar-refractivity contribution in [2.24, 2.45) is 0 Å². The van der Waals surface area contributed by atoms with E-state index in [0.717, 1.165) is 60.2 Å². The molecule has 2 aromatic carbocycles. The van der Waals surface area contributed by atoms with Crippen LogP contribution < -0.4 is 10.9 Å². The molecule has 2 aliphatic carbocycles. The number of fused-ring (bicyclic) bond motifs is 4. The molecule has 1 heterocycles. The molecule has 1 aromatic heterocycles. The molecule has 1 saturated carbocycles. The fourth-order valence-electron chi connectivity index (χ4n) is 5.70. The second kappa shape index (κ2) is 10.1. The number of nitrogens with zero attached hydrogens (tertiary/aromatic N) is 2. The van der Waals surface area contributed by atoms with Gasteiger partial charge in [-0.2, -0.15) is 0 Å². The van der Waals surface area contributed by atoms with Crippen LogP contribution in [0.5, 0.6) is 0 Å². The molecule has 6 heteroatoms. The highest BCUT2D eigenvalue weighted by Crippen LogP contribution is 2.49. The molecule has 1 amide bonds. The first-order valence-electron chi connectivity index (χ1n) is 12.8. The molecule has 3 aromatic rings. The molecule has 0 bridgehead atoms. The van der Waals surface area contributed by atoms with Crippen molar-refractivity contribution in [3.05, 3.63) is 88.2 Å². The highest BCUT2D eigenvalue weighted by atomic mass is 32.2. The average molecular weight is 500 g/mol. The minimum atomic E-state index is -0.436. The molecular weight excluding hydrogens is 466 g/mol. The second-order valence-corrected chi connectivity index (χ2v) is 11.6. The van der Waals surface area contributed by atoms with Gasteiger partial charge in [-0.1, -0.05) is 85.6 Å². The molecule has 186 valence electrons. The first-order valence-corrected chi connectivity index (χ1v) is 13.7. The molecule has 1 spiro atoms. The summed E-state index contributed by atoms with van der Waals surface area (Å²) in [6.07, 6.45) is 6.40. The quantitative estimate of drug-likeness (QED) is 0.243. The summed E-state index contributed by atoms with van der Waals surface area (Å²) in [5.74, 6) is -0.121. The van der Waals surface area contributed by atoms with Crippen molar-refractivity contribution >= 4 is 23.4 Å². The fraction of sp³-hybridized carbons (Fsp3) is 0.367. The van der Waals surface area contributed by atoms with Gasteiger partial charge < -0.3 is 5.32 Å². The Morgan fingerprint density at radius 3 is 2.53 bits per heavy atom. The Bertz CT molecular complexity index is 1360. The first-order chi connectivity index (χ1) is 17.4. The number of hydrogen-bond donors (Lipinski definition) is 1. The summed E-state index contributed by atoms with van der Waals surface area (Å²) in [5.41, 5.74) is 5.48. The van der Waals surface area contributed by atoms with Crippen LogP contribution in [0.1, 0.15) is 57.1 Å². The van der Waals surface area contributed by atoms with Crippen LogP contribution in [0.25, 0.3) is 11.3 Å². The van der Waals surface area contributed by atoms with Gasteiger partial charge in [0.25, 0.3) is 5.56 Å². The number of amides is 1. The maximum atomic E-state index is 14.3. The average Bonchev–Trinajstić information content (AvgIpc) is 2.87. The van der Waals surface area contributed by atoms with Gasteiger partial charge >= 0.3 is 0 Å². The van der Waals surface area contributed by atoms with E-state index in [4.69, 9.17) is 4.98 Å². The van der Waals surface area contributed by atoms with Crippen LogP contribution in [0.2, 0.25) is 0 Å². The van der Waals surface area contributed by atoms with Crippen LogP contribution in [-0.2, 0) is 23.2 Å². The van der Waals surface area contributed by atoms with Gasteiger partial charge in [-0.3, -0.25) is 14.2 Å². The Morgan fingerprint density at radius 1 is 1.11 bits per heavy atom. The zero-order chi connectivity index (χ0) is 25.3. The SMILES string of the molecule is C=C(C)Cn1c(SC(C)C(=O)Nc2ccccc2)nc2c(c1=O)C1(CCCCC1)Cc1ccccc1-2. The lowest BCUT2D eigenvalue weighted by Gasteiger charge is -2.42. The van der Waals surface area contributed by atoms with Crippen molar-refractivity contribution in [2.45, 2.75) is 74.7 Å². The summed E-state index contributed by atoms with van der Waals surface area (Å²) < 4.78 is 1.75. The molecule has 0 saturated heterocycles. The summed E-state index contributed by atoms with van der Waals surface area (Å²) in [5, 5.41) is 3.10. The van der Waals surface area contributed by atoms with Crippen LogP contribution in [0.4, 0.5) is 5.69 Å². The van der Waals surface area contributed by atoms with Crippen molar-refractivity contribution in [1.29, 1.82) is 0 Å². The van der Waals surface area contributed by atoms with Crippen molar-refractivity contribution in [3.63, 3.8) is 0 Å². The molecule has 0 aliphatic heterocycles. The van der Waals surface area contributed by atoms with Crippen molar-refractivity contribution in [2.75, 3.05) is 5.32 Å². The van der Waals surface area contributed by atoms with Gasteiger partial charge in [-0.15, -0.1) is 0 Å². The third-order valence-electron chi connectivity index (χ3n) is 7.40. The Kier molecular flexibility index (Phi) is 6.89. The second-order valence-electron chi connectivity index (χ2n) is 10.3. The van der Waals surface area contributed by atoms with Crippen molar-refractivity contribution in [3.8, 4) is 11.3 Å². The number of aromatic nitrogens is 2. The molecule has 36 heavy (non-hydrogen) atoms. The largest absolute Gasteiger partial charge is 0.325 e. The van der Waals surface area contributed by atoms with Crippen LogP contribution in [-0.4, -0.2) is 20.7 Å². The molecule has 5 rings (SSSR count). The monoisotopic (exact) mass is 499 g/mol. The van der Waals surface area contributed by atoms with E-state index in [0.29, 0.717) is 11.7 Å². The van der Waals surface area contributed by atoms with E-state index in [1.165, 1.54) is 23.7 Å². The van der Waals surface area contributed by atoms with E-state index >= 15 is 0 Å². The predicted octanol–water partition coefficient (Wildman–Crippen LogP) is 6.36. The number of rotatable bonds is 6. The predicted molar refractivity (Wildman–Crippen MR) is 148 cm³/mol. The van der Waals surface area contributed by atoms with Crippen LogP contribution in [0.3, 0.4) is 0 Å². The molecule has 0 radical (unpaired) electrons. The number of anilines is 1. The lowest BCUT2D eigenvalue weighted by Crippen LogP contribution is -2.43. The number of carbonyl (C=O) groups is 1. The number of allylic oxidation sites excluding steroid dienone is 1. The van der Waals surface area contributed by atoms with E-state index in [2.05, 4.69) is 30.1 Å². The third-order valence-corrected chi connectivity index (χ3v) is 8.49. The zero-order valence-corrected chi connectivity index (χ0v) is 21.9. The number of hydrogen-bond acceptors (Lipinski definition) is 4. The topological polar surface area (TPSA) is 64.0 Å². The molecule has 2 aliphatic rings. The molecule has 1 fully saturated rings. The summed E-state index contributed by atoms with van der Waals surface area (Å²) in [4.78, 5) is 32.4. The van der Waals surface area contributed by atoms with Gasteiger partial charge in [0.2, 0.25) is 5.91 Å². The zero-order valence-electron chi connectivity index (χ0n) is 21.0. The van der Waals surface area contributed by atoms with E-state index in [-0.39, 0.29) is 16.9 Å². The van der Waals surface area contributed by atoms with E-state index in [9.17, 15) is 9.59 Å². The Labute approximate surface area is 217 Å². The lowest BCUT2D eigenvalue weighted by atomic mass is 9.62. The lowest BCUT2D eigenvalue weighted by molar-refractivity contribution is -0.115. The van der Waals surface area contributed by atoms with Gasteiger partial charge in [-0.05, 0) is 50.8 Å². The van der Waals surface area contributed by atoms with Gasteiger partial charge in [0.1, 0.15) is 0 Å². The van der Waals surface area contributed by atoms with Crippen molar-refractivity contribution < 1.29 is 4.79 Å². The summed E-state index contributed by atoms with van der Waals surface area (Å²) in [7, 11) is 0. The van der Waals surface area contributed by atoms with Gasteiger partial charge in [0, 0.05) is 23.2 Å². The smallest absolute Gasteiger partial charge is 0.258 e. The molecule has 1 N–H and O–H groups in total. The summed E-state index contributed by atoms with van der Waals surface area (Å²) >= 11 is 1.33. The number of nitrogens with one attached hydrogen (secondary N) is 1. The summed E-state index contributed by atoms with van der Waals surface area (Å²) in [6.45, 7) is 8.26. The Hall–Kier alpha value is -3.12. The van der Waals surface area contributed by atoms with Crippen molar-refractivity contribution in [1.82, 2.24) is 9.55 Å². The maximum absolute atomic E-state index is 14.3. The Balaban J connectivity index is 1.60. The van der Waals surface area contributed by atoms with E-state index in [1.54, 1.807) is 4.57 Å². The van der Waals surface area contributed by atoms with Gasteiger partial charge in [0.05, 0.1) is 16.5 Å². The van der Waals surface area contributed by atoms with Gasteiger partial charge in [-0.25, -0.2) is 4.98 Å². The minimum Gasteiger partial charge on any atom is -0.325 e. The molecular formula is C30H33N3O2S. The highest BCUT2D eigenvalue weighted by molar-refractivity contribution is 8.00. The molecule has 1 unspecified atom stereocenters. The normalized spacial score (nSPS) is 16.6. The fourth-order valence-corrected chi connectivity index (χ4v) is 6.60. The standard InChI is InChI=1S/C30H33N3O2S/c1-20(2)19-33-28(35)25-26(24-15-9-8-12-22(24)18-30(25)16-10-5-11-17-30)32-29(33)36-21(3)27(34)31-23-13-6-4-7-14-23/h4,6-9,12-15,21H,1,5,10-11,16-19H2,2-3H3,(H,31,34). The maximum Gasteiger partial charge on any atom is 0.258 e. The molecule has 5 nitrogen and oxygen atoms in total. The number of para-hydroxylation sites is 1. The first kappa shape index (κ1) is 24.6. The van der Waals surface area contributed by atoms with E-state index < -0.39 is 5.25 Å².